The minimum absolute atomic E-state index is 0.0343. The lowest BCUT2D eigenvalue weighted by Gasteiger charge is -2.21. The van der Waals surface area contributed by atoms with Gasteiger partial charge in [0, 0.05) is 6.04 Å². The number of hydrogen-bond donors (Lipinski definition) is 1. The number of halogens is 1. The van der Waals surface area contributed by atoms with Crippen molar-refractivity contribution in [3.63, 3.8) is 0 Å². The summed E-state index contributed by atoms with van der Waals surface area (Å²) in [4.78, 5) is 26.7. The summed E-state index contributed by atoms with van der Waals surface area (Å²) in [5.41, 5.74) is 1.21. The fourth-order valence-electron chi connectivity index (χ4n) is 4.09. The highest BCUT2D eigenvalue weighted by Gasteiger charge is 2.38. The molecular formula is C23H31ClN2O2. The number of benzene rings is 1. The Kier molecular flexibility index (Phi) is 7.96. The van der Waals surface area contributed by atoms with Crippen molar-refractivity contribution in [2.24, 2.45) is 0 Å². The molecule has 5 heteroatoms. The number of rotatable bonds is 4. The molecule has 0 atom stereocenters. The van der Waals surface area contributed by atoms with E-state index in [-0.39, 0.29) is 23.5 Å². The number of nitrogens with zero attached hydrogens (tertiary/aromatic N) is 1. The minimum atomic E-state index is -0.397. The Bertz CT molecular complexity index is 690. The number of carbonyl (C=O) groups is 2. The van der Waals surface area contributed by atoms with Crippen molar-refractivity contribution >= 4 is 23.4 Å². The van der Waals surface area contributed by atoms with Crippen LogP contribution in [0.25, 0.3) is 0 Å². The van der Waals surface area contributed by atoms with Gasteiger partial charge in [-0.15, -0.1) is 0 Å². The van der Waals surface area contributed by atoms with Gasteiger partial charge in [0.25, 0.3) is 11.8 Å². The number of imide groups is 1. The molecule has 1 aliphatic carbocycles. The average molecular weight is 403 g/mol. The largest absolute Gasteiger partial charge is 0.376 e. The van der Waals surface area contributed by atoms with Gasteiger partial charge in [-0.05, 0) is 18.4 Å². The third kappa shape index (κ3) is 5.60. The van der Waals surface area contributed by atoms with E-state index in [9.17, 15) is 9.59 Å². The summed E-state index contributed by atoms with van der Waals surface area (Å²) >= 11 is 6.29. The molecule has 0 aromatic heterocycles. The first-order chi connectivity index (χ1) is 13.7. The smallest absolute Gasteiger partial charge is 0.278 e. The molecule has 1 fully saturated rings. The maximum Gasteiger partial charge on any atom is 0.278 e. The number of carbonyl (C=O) groups excluding carboxylic acids is 2. The molecule has 4 nitrogen and oxygen atoms in total. The molecule has 28 heavy (non-hydrogen) atoms. The van der Waals surface area contributed by atoms with E-state index in [0.717, 1.165) is 31.2 Å². The molecule has 1 saturated carbocycles. The van der Waals surface area contributed by atoms with Gasteiger partial charge in [0.1, 0.15) is 10.7 Å². The molecule has 1 aromatic rings. The van der Waals surface area contributed by atoms with E-state index < -0.39 is 5.91 Å². The standard InChI is InChI=1S/C23H31ClN2O2/c24-20-21(23(28)26(22(20)27)17-18-13-9-8-10-14-18)25-19-15-11-6-4-2-1-3-5-7-12-16-19/h8-10,13-14,19,25H,1-7,11-12,15-17H2. The quantitative estimate of drug-likeness (QED) is 0.698. The summed E-state index contributed by atoms with van der Waals surface area (Å²) < 4.78 is 0. The van der Waals surface area contributed by atoms with Crippen LogP contribution in [0, 0.1) is 0 Å². The zero-order chi connectivity index (χ0) is 19.8. The van der Waals surface area contributed by atoms with Gasteiger partial charge in [0.15, 0.2) is 0 Å². The SMILES string of the molecule is O=C1C(Cl)=C(NC2CCCCCCCCCCC2)C(=O)N1Cc1ccccc1. The van der Waals surface area contributed by atoms with Crippen molar-refractivity contribution in [2.75, 3.05) is 0 Å². The van der Waals surface area contributed by atoms with E-state index in [2.05, 4.69) is 5.32 Å². The number of hydrogen-bond acceptors (Lipinski definition) is 3. The molecular weight excluding hydrogens is 372 g/mol. The van der Waals surface area contributed by atoms with Crippen LogP contribution in [0.4, 0.5) is 0 Å². The Morgan fingerprint density at radius 2 is 1.36 bits per heavy atom. The lowest BCUT2D eigenvalue weighted by Crippen LogP contribution is -2.36. The van der Waals surface area contributed by atoms with E-state index in [1.54, 1.807) is 0 Å². The topological polar surface area (TPSA) is 49.4 Å². The van der Waals surface area contributed by atoms with Crippen LogP contribution in [0.15, 0.2) is 41.1 Å². The number of amides is 2. The predicted octanol–water partition coefficient (Wildman–Crippen LogP) is 5.27. The second-order valence-corrected chi connectivity index (χ2v) is 8.35. The lowest BCUT2D eigenvalue weighted by atomic mass is 9.98. The third-order valence-corrected chi connectivity index (χ3v) is 6.10. The van der Waals surface area contributed by atoms with Crippen LogP contribution in [0.3, 0.4) is 0 Å². The summed E-state index contributed by atoms with van der Waals surface area (Å²) in [5, 5.41) is 3.39. The first-order valence-corrected chi connectivity index (χ1v) is 11.1. The van der Waals surface area contributed by atoms with E-state index in [1.165, 1.54) is 49.8 Å². The molecule has 0 unspecified atom stereocenters. The van der Waals surface area contributed by atoms with Crippen LogP contribution in [0.2, 0.25) is 0 Å². The Balaban J connectivity index is 1.63. The zero-order valence-corrected chi connectivity index (χ0v) is 17.3. The molecule has 0 spiro atoms. The van der Waals surface area contributed by atoms with Gasteiger partial charge in [-0.2, -0.15) is 0 Å². The van der Waals surface area contributed by atoms with Crippen molar-refractivity contribution in [2.45, 2.75) is 83.2 Å². The van der Waals surface area contributed by atoms with Gasteiger partial charge in [0.05, 0.1) is 6.54 Å². The fourth-order valence-corrected chi connectivity index (χ4v) is 4.33. The van der Waals surface area contributed by atoms with Crippen LogP contribution in [0.5, 0.6) is 0 Å². The molecule has 1 aliphatic heterocycles. The second kappa shape index (κ2) is 10.7. The van der Waals surface area contributed by atoms with Gasteiger partial charge in [-0.25, -0.2) is 0 Å². The molecule has 2 aliphatic rings. The van der Waals surface area contributed by atoms with Gasteiger partial charge in [0.2, 0.25) is 0 Å². The Labute approximate surface area is 173 Å². The third-order valence-electron chi connectivity index (χ3n) is 5.75. The highest BCUT2D eigenvalue weighted by molar-refractivity contribution is 6.47. The van der Waals surface area contributed by atoms with Crippen LogP contribution < -0.4 is 5.32 Å². The van der Waals surface area contributed by atoms with Crippen molar-refractivity contribution in [3.05, 3.63) is 46.6 Å². The number of nitrogens with one attached hydrogen (secondary N) is 1. The maximum atomic E-state index is 12.9. The van der Waals surface area contributed by atoms with E-state index in [4.69, 9.17) is 11.6 Å². The normalized spacial score (nSPS) is 20.8. The summed E-state index contributed by atoms with van der Waals surface area (Å²) in [6, 6.07) is 9.74. The Morgan fingerprint density at radius 1 is 0.821 bits per heavy atom. The van der Waals surface area contributed by atoms with Crippen molar-refractivity contribution in [1.82, 2.24) is 10.2 Å². The maximum absolute atomic E-state index is 12.9. The Hall–Kier alpha value is -1.81. The van der Waals surface area contributed by atoms with Crippen LogP contribution in [-0.2, 0) is 16.1 Å². The van der Waals surface area contributed by atoms with E-state index in [1.807, 2.05) is 30.3 Å². The Morgan fingerprint density at radius 3 is 1.93 bits per heavy atom. The molecule has 1 N–H and O–H groups in total. The summed E-state index contributed by atoms with van der Waals surface area (Å²) in [6.07, 6.45) is 13.4. The minimum Gasteiger partial charge on any atom is -0.376 e. The second-order valence-electron chi connectivity index (χ2n) is 7.97. The van der Waals surface area contributed by atoms with E-state index >= 15 is 0 Å². The molecule has 0 bridgehead atoms. The van der Waals surface area contributed by atoms with E-state index in [0.29, 0.717) is 5.70 Å². The van der Waals surface area contributed by atoms with Crippen LogP contribution in [0.1, 0.15) is 76.2 Å². The molecule has 0 radical (unpaired) electrons. The van der Waals surface area contributed by atoms with Gasteiger partial charge >= 0.3 is 0 Å². The van der Waals surface area contributed by atoms with Crippen LogP contribution >= 0.6 is 11.6 Å². The lowest BCUT2D eigenvalue weighted by molar-refractivity contribution is -0.138. The summed E-state index contributed by atoms with van der Waals surface area (Å²) in [5.74, 6) is -0.698. The van der Waals surface area contributed by atoms with Gasteiger partial charge in [-0.1, -0.05) is 99.7 Å². The first kappa shape index (κ1) is 20.9. The molecule has 3 rings (SSSR count). The average Bonchev–Trinajstić information content (AvgIpc) is 2.89. The fraction of sp³-hybridized carbons (Fsp3) is 0.565. The highest BCUT2D eigenvalue weighted by atomic mass is 35.5. The van der Waals surface area contributed by atoms with Gasteiger partial charge in [-0.3, -0.25) is 14.5 Å². The van der Waals surface area contributed by atoms with Crippen molar-refractivity contribution < 1.29 is 9.59 Å². The molecule has 152 valence electrons. The van der Waals surface area contributed by atoms with Crippen molar-refractivity contribution in [1.29, 1.82) is 0 Å². The zero-order valence-electron chi connectivity index (χ0n) is 16.6. The summed E-state index contributed by atoms with van der Waals surface area (Å²) in [7, 11) is 0. The molecule has 0 saturated heterocycles. The predicted molar refractivity (Wildman–Crippen MR) is 113 cm³/mol. The molecule has 1 aromatic carbocycles. The van der Waals surface area contributed by atoms with Crippen LogP contribution in [-0.4, -0.2) is 22.8 Å². The molecule has 2 amide bonds. The first-order valence-electron chi connectivity index (χ1n) is 10.7. The summed E-state index contributed by atoms with van der Waals surface area (Å²) in [6.45, 7) is 0.255. The van der Waals surface area contributed by atoms with Gasteiger partial charge < -0.3 is 5.32 Å². The molecule has 1 heterocycles. The monoisotopic (exact) mass is 402 g/mol. The van der Waals surface area contributed by atoms with Crippen molar-refractivity contribution in [3.8, 4) is 0 Å². The highest BCUT2D eigenvalue weighted by Crippen LogP contribution is 2.26.